The maximum absolute atomic E-state index is 12.2. The van der Waals surface area contributed by atoms with Crippen LogP contribution < -0.4 is 0 Å². The van der Waals surface area contributed by atoms with Crippen LogP contribution in [0.5, 0.6) is 0 Å². The molecule has 1 aliphatic rings. The molecule has 1 aromatic rings. The lowest BCUT2D eigenvalue weighted by molar-refractivity contribution is 0.0620. The van der Waals surface area contributed by atoms with Gasteiger partial charge >= 0.3 is 0 Å². The van der Waals surface area contributed by atoms with Crippen molar-refractivity contribution in [2.45, 2.75) is 38.8 Å². The third-order valence-electron chi connectivity index (χ3n) is 3.83. The van der Waals surface area contributed by atoms with E-state index in [-0.39, 0.29) is 5.91 Å². The molecule has 0 unspecified atom stereocenters. The summed E-state index contributed by atoms with van der Waals surface area (Å²) in [7, 11) is 1.94. The van der Waals surface area contributed by atoms with Crippen molar-refractivity contribution >= 4 is 17.2 Å². The summed E-state index contributed by atoms with van der Waals surface area (Å²) in [4.78, 5) is 17.5. The largest absolute Gasteiger partial charge is 0.338 e. The van der Waals surface area contributed by atoms with Crippen LogP contribution in [0.4, 0.5) is 0 Å². The van der Waals surface area contributed by atoms with Gasteiger partial charge in [-0.1, -0.05) is 6.07 Å². The molecule has 1 aliphatic heterocycles. The Balaban J connectivity index is 1.91. The highest BCUT2D eigenvalue weighted by Crippen LogP contribution is 2.20. The summed E-state index contributed by atoms with van der Waals surface area (Å²) in [6.07, 6.45) is 2.18. The summed E-state index contributed by atoms with van der Waals surface area (Å²) in [5, 5.41) is 1.96. The minimum absolute atomic E-state index is 0.174. The summed E-state index contributed by atoms with van der Waals surface area (Å²) in [6.45, 7) is 6.68. The Morgan fingerprint density at radius 1 is 1.44 bits per heavy atom. The van der Waals surface area contributed by atoms with Gasteiger partial charge in [0.25, 0.3) is 5.91 Å². The zero-order chi connectivity index (χ0) is 13.1. The topological polar surface area (TPSA) is 23.6 Å². The number of likely N-dealkylation sites (tertiary alicyclic amines) is 1. The normalized spacial score (nSPS) is 18.2. The van der Waals surface area contributed by atoms with Crippen molar-refractivity contribution in [1.29, 1.82) is 0 Å². The number of hydrogen-bond donors (Lipinski definition) is 0. The Bertz CT molecular complexity index is 381. The van der Waals surface area contributed by atoms with Gasteiger partial charge in [0.05, 0.1) is 4.88 Å². The van der Waals surface area contributed by atoms with E-state index in [1.807, 2.05) is 29.5 Å². The molecular formula is C14H22N2OS. The molecule has 0 aromatic carbocycles. The zero-order valence-corrected chi connectivity index (χ0v) is 12.2. The predicted octanol–water partition coefficient (Wildman–Crippen LogP) is 2.69. The Morgan fingerprint density at radius 3 is 2.61 bits per heavy atom. The first-order valence-corrected chi connectivity index (χ1v) is 7.52. The molecule has 1 amide bonds. The standard InChI is InChI=1S/C14H22N2OS/c1-11(2)16-8-6-12(7-9-16)15(3)14(17)13-5-4-10-18-13/h4-5,10-12H,6-9H2,1-3H3. The molecule has 1 aromatic heterocycles. The molecule has 2 heterocycles. The van der Waals surface area contributed by atoms with Gasteiger partial charge in [0, 0.05) is 32.2 Å². The van der Waals surface area contributed by atoms with Crippen LogP contribution in [0.15, 0.2) is 17.5 Å². The van der Waals surface area contributed by atoms with Gasteiger partial charge in [-0.15, -0.1) is 11.3 Å². The summed E-state index contributed by atoms with van der Waals surface area (Å²) < 4.78 is 0. The second-order valence-corrected chi connectivity index (χ2v) is 6.20. The number of thiophene rings is 1. The smallest absolute Gasteiger partial charge is 0.263 e. The number of carbonyl (C=O) groups is 1. The van der Waals surface area contributed by atoms with Crippen molar-refractivity contribution in [2.24, 2.45) is 0 Å². The van der Waals surface area contributed by atoms with E-state index in [1.54, 1.807) is 0 Å². The van der Waals surface area contributed by atoms with E-state index in [4.69, 9.17) is 0 Å². The average Bonchev–Trinajstić information content (AvgIpc) is 2.91. The fourth-order valence-electron chi connectivity index (χ4n) is 2.53. The first-order valence-electron chi connectivity index (χ1n) is 6.64. The second kappa shape index (κ2) is 5.85. The van der Waals surface area contributed by atoms with E-state index in [2.05, 4.69) is 18.7 Å². The van der Waals surface area contributed by atoms with Gasteiger partial charge in [0.1, 0.15) is 0 Å². The SMILES string of the molecule is CC(C)N1CCC(N(C)C(=O)c2cccs2)CC1. The van der Waals surface area contributed by atoms with Gasteiger partial charge in [-0.3, -0.25) is 4.79 Å². The molecule has 0 radical (unpaired) electrons. The van der Waals surface area contributed by atoms with Crippen LogP contribution in [0.2, 0.25) is 0 Å². The van der Waals surface area contributed by atoms with Crippen LogP contribution in [-0.2, 0) is 0 Å². The molecule has 18 heavy (non-hydrogen) atoms. The summed E-state index contributed by atoms with van der Waals surface area (Å²) >= 11 is 1.53. The number of hydrogen-bond acceptors (Lipinski definition) is 3. The first kappa shape index (κ1) is 13.6. The second-order valence-electron chi connectivity index (χ2n) is 5.25. The van der Waals surface area contributed by atoms with Crippen LogP contribution in [0.3, 0.4) is 0 Å². The van der Waals surface area contributed by atoms with Gasteiger partial charge in [0.2, 0.25) is 0 Å². The highest BCUT2D eigenvalue weighted by Gasteiger charge is 2.26. The molecule has 0 aliphatic carbocycles. The van der Waals surface area contributed by atoms with Crippen molar-refractivity contribution in [2.75, 3.05) is 20.1 Å². The maximum Gasteiger partial charge on any atom is 0.263 e. The Labute approximate surface area is 113 Å². The van der Waals surface area contributed by atoms with Gasteiger partial charge in [-0.2, -0.15) is 0 Å². The van der Waals surface area contributed by atoms with Crippen molar-refractivity contribution in [1.82, 2.24) is 9.80 Å². The molecule has 3 nitrogen and oxygen atoms in total. The van der Waals surface area contributed by atoms with Crippen LogP contribution in [0, 0.1) is 0 Å². The average molecular weight is 266 g/mol. The van der Waals surface area contributed by atoms with Gasteiger partial charge < -0.3 is 9.80 Å². The number of nitrogens with zero attached hydrogens (tertiary/aromatic N) is 2. The molecule has 0 saturated carbocycles. The molecule has 1 fully saturated rings. The Kier molecular flexibility index (Phi) is 4.40. The van der Waals surface area contributed by atoms with Crippen molar-refractivity contribution in [3.63, 3.8) is 0 Å². The number of carbonyl (C=O) groups excluding carboxylic acids is 1. The fraction of sp³-hybridized carbons (Fsp3) is 0.643. The molecular weight excluding hydrogens is 244 g/mol. The third-order valence-corrected chi connectivity index (χ3v) is 4.69. The zero-order valence-electron chi connectivity index (χ0n) is 11.4. The quantitative estimate of drug-likeness (QED) is 0.840. The van der Waals surface area contributed by atoms with Crippen molar-refractivity contribution in [3.05, 3.63) is 22.4 Å². The number of piperidine rings is 1. The van der Waals surface area contributed by atoms with Crippen LogP contribution in [-0.4, -0.2) is 47.9 Å². The summed E-state index contributed by atoms with van der Waals surface area (Å²) in [6, 6.07) is 4.86. The van der Waals surface area contributed by atoms with Gasteiger partial charge in [-0.05, 0) is 38.1 Å². The molecule has 0 atom stereocenters. The third kappa shape index (κ3) is 2.93. The van der Waals surface area contributed by atoms with Gasteiger partial charge in [-0.25, -0.2) is 0 Å². The fourth-order valence-corrected chi connectivity index (χ4v) is 3.24. The maximum atomic E-state index is 12.2. The lowest BCUT2D eigenvalue weighted by atomic mass is 10.0. The molecule has 0 N–H and O–H groups in total. The van der Waals surface area contributed by atoms with Crippen molar-refractivity contribution < 1.29 is 4.79 Å². The van der Waals surface area contributed by atoms with E-state index in [0.717, 1.165) is 30.8 Å². The molecule has 1 saturated heterocycles. The monoisotopic (exact) mass is 266 g/mol. The van der Waals surface area contributed by atoms with Crippen LogP contribution in [0.1, 0.15) is 36.4 Å². The van der Waals surface area contributed by atoms with Crippen LogP contribution >= 0.6 is 11.3 Å². The predicted molar refractivity (Wildman–Crippen MR) is 76.1 cm³/mol. The minimum Gasteiger partial charge on any atom is -0.338 e. The molecule has 0 bridgehead atoms. The van der Waals surface area contributed by atoms with E-state index >= 15 is 0 Å². The Hall–Kier alpha value is -0.870. The minimum atomic E-state index is 0.174. The lowest BCUT2D eigenvalue weighted by Crippen LogP contribution is -2.47. The first-order chi connectivity index (χ1) is 8.59. The van der Waals surface area contributed by atoms with E-state index in [1.165, 1.54) is 11.3 Å². The summed E-state index contributed by atoms with van der Waals surface area (Å²) in [5.74, 6) is 0.174. The number of rotatable bonds is 3. The number of amides is 1. The van der Waals surface area contributed by atoms with Crippen LogP contribution in [0.25, 0.3) is 0 Å². The molecule has 2 rings (SSSR count). The van der Waals surface area contributed by atoms with E-state index < -0.39 is 0 Å². The molecule has 0 spiro atoms. The molecule has 4 heteroatoms. The summed E-state index contributed by atoms with van der Waals surface area (Å²) in [5.41, 5.74) is 0. The lowest BCUT2D eigenvalue weighted by Gasteiger charge is -2.38. The van der Waals surface area contributed by atoms with Gasteiger partial charge in [0.15, 0.2) is 0 Å². The highest BCUT2D eigenvalue weighted by atomic mass is 32.1. The van der Waals surface area contributed by atoms with E-state index in [9.17, 15) is 4.79 Å². The molecule has 100 valence electrons. The van der Waals surface area contributed by atoms with E-state index in [0.29, 0.717) is 12.1 Å². The highest BCUT2D eigenvalue weighted by molar-refractivity contribution is 7.12. The Morgan fingerprint density at radius 2 is 2.11 bits per heavy atom. The van der Waals surface area contributed by atoms with Crippen molar-refractivity contribution in [3.8, 4) is 0 Å².